The molecule has 0 aliphatic rings. The van der Waals surface area contributed by atoms with Crippen molar-refractivity contribution in [2.24, 2.45) is 0 Å². The van der Waals surface area contributed by atoms with Crippen LogP contribution >= 0.6 is 0 Å². The summed E-state index contributed by atoms with van der Waals surface area (Å²) in [5.41, 5.74) is 3.58. The molecule has 2 aromatic heterocycles. The van der Waals surface area contributed by atoms with Gasteiger partial charge in [-0.25, -0.2) is 0 Å². The largest absolute Gasteiger partial charge is 0.340 e. The summed E-state index contributed by atoms with van der Waals surface area (Å²) in [6, 6.07) is 12.8. The Labute approximate surface area is 129 Å². The third-order valence-electron chi connectivity index (χ3n) is 3.56. The second-order valence-electron chi connectivity index (χ2n) is 5.19. The van der Waals surface area contributed by atoms with Crippen LogP contribution in [0.4, 0.5) is 0 Å². The van der Waals surface area contributed by atoms with Crippen LogP contribution < -0.4 is 5.32 Å². The van der Waals surface area contributed by atoms with Crippen LogP contribution in [-0.2, 0) is 6.54 Å². The van der Waals surface area contributed by atoms with Gasteiger partial charge >= 0.3 is 0 Å². The number of rotatable bonds is 5. The summed E-state index contributed by atoms with van der Waals surface area (Å²) in [6.45, 7) is 4.50. The van der Waals surface area contributed by atoms with Crippen LogP contribution in [0.1, 0.15) is 30.2 Å². The predicted octanol–water partition coefficient (Wildman–Crippen LogP) is 3.29. The zero-order chi connectivity index (χ0) is 15.4. The minimum Gasteiger partial charge on any atom is -0.340 e. The van der Waals surface area contributed by atoms with Gasteiger partial charge in [-0.2, -0.15) is 4.98 Å². The summed E-state index contributed by atoms with van der Waals surface area (Å²) in [7, 11) is 0. The topological polar surface area (TPSA) is 63.8 Å². The van der Waals surface area contributed by atoms with Crippen LogP contribution in [0.3, 0.4) is 0 Å². The molecule has 1 aromatic carbocycles. The van der Waals surface area contributed by atoms with Gasteiger partial charge in [-0.15, -0.1) is 0 Å². The minimum atomic E-state index is 0.213. The number of aromatic nitrogens is 3. The normalized spacial score (nSPS) is 12.3. The average molecular weight is 294 g/mol. The van der Waals surface area contributed by atoms with E-state index >= 15 is 0 Å². The SMILES string of the molecule is Cc1nc(CNC(C)c2ccc(-c3ccncc3)cc2)no1. The average Bonchev–Trinajstić information content (AvgIpc) is 2.99. The van der Waals surface area contributed by atoms with Crippen LogP contribution in [0.25, 0.3) is 11.1 Å². The van der Waals surface area contributed by atoms with Gasteiger partial charge in [0.1, 0.15) is 0 Å². The molecule has 3 aromatic rings. The highest BCUT2D eigenvalue weighted by Gasteiger charge is 2.08. The van der Waals surface area contributed by atoms with Crippen molar-refractivity contribution >= 4 is 0 Å². The third kappa shape index (κ3) is 3.38. The summed E-state index contributed by atoms with van der Waals surface area (Å²) in [5, 5.41) is 7.27. The van der Waals surface area contributed by atoms with Crippen molar-refractivity contribution in [3.05, 3.63) is 66.1 Å². The molecule has 0 saturated heterocycles. The Morgan fingerprint density at radius 1 is 1.05 bits per heavy atom. The van der Waals surface area contributed by atoms with Crippen molar-refractivity contribution in [1.82, 2.24) is 20.4 Å². The molecular formula is C17H18N4O. The van der Waals surface area contributed by atoms with E-state index in [4.69, 9.17) is 4.52 Å². The molecular weight excluding hydrogens is 276 g/mol. The monoisotopic (exact) mass is 294 g/mol. The quantitative estimate of drug-likeness (QED) is 0.782. The van der Waals surface area contributed by atoms with E-state index in [1.165, 1.54) is 16.7 Å². The van der Waals surface area contributed by atoms with Crippen LogP contribution in [0.15, 0.2) is 53.3 Å². The highest BCUT2D eigenvalue weighted by atomic mass is 16.5. The third-order valence-corrected chi connectivity index (χ3v) is 3.56. The first-order valence-corrected chi connectivity index (χ1v) is 7.25. The van der Waals surface area contributed by atoms with Crippen molar-refractivity contribution in [2.75, 3.05) is 0 Å². The fourth-order valence-electron chi connectivity index (χ4n) is 2.28. The van der Waals surface area contributed by atoms with Crippen LogP contribution in [0.2, 0.25) is 0 Å². The lowest BCUT2D eigenvalue weighted by molar-refractivity contribution is 0.384. The lowest BCUT2D eigenvalue weighted by atomic mass is 10.0. The first-order valence-electron chi connectivity index (χ1n) is 7.25. The van der Waals surface area contributed by atoms with Crippen molar-refractivity contribution < 1.29 is 4.52 Å². The molecule has 22 heavy (non-hydrogen) atoms. The van der Waals surface area contributed by atoms with Crippen molar-refractivity contribution in [3.63, 3.8) is 0 Å². The van der Waals surface area contributed by atoms with Crippen LogP contribution in [-0.4, -0.2) is 15.1 Å². The van der Waals surface area contributed by atoms with Gasteiger partial charge in [0.25, 0.3) is 0 Å². The Hall–Kier alpha value is -2.53. The molecule has 0 bridgehead atoms. The molecule has 0 saturated carbocycles. The Balaban J connectivity index is 1.64. The van der Waals surface area contributed by atoms with Crippen LogP contribution in [0.5, 0.6) is 0 Å². The fourth-order valence-corrected chi connectivity index (χ4v) is 2.28. The van der Waals surface area contributed by atoms with Gasteiger partial charge in [-0.3, -0.25) is 4.98 Å². The van der Waals surface area contributed by atoms with Gasteiger partial charge in [-0.1, -0.05) is 29.4 Å². The van der Waals surface area contributed by atoms with Crippen molar-refractivity contribution in [1.29, 1.82) is 0 Å². The molecule has 0 radical (unpaired) electrons. The van der Waals surface area contributed by atoms with Gasteiger partial charge in [-0.05, 0) is 35.7 Å². The van der Waals surface area contributed by atoms with Crippen LogP contribution in [0, 0.1) is 6.92 Å². The lowest BCUT2D eigenvalue weighted by Gasteiger charge is -2.13. The summed E-state index contributed by atoms with van der Waals surface area (Å²) >= 11 is 0. The predicted molar refractivity (Wildman–Crippen MR) is 84.0 cm³/mol. The zero-order valence-corrected chi connectivity index (χ0v) is 12.7. The molecule has 0 fully saturated rings. The maximum absolute atomic E-state index is 4.96. The number of pyridine rings is 1. The van der Waals surface area contributed by atoms with Crippen molar-refractivity contribution in [3.8, 4) is 11.1 Å². The number of hydrogen-bond donors (Lipinski definition) is 1. The summed E-state index contributed by atoms with van der Waals surface area (Å²) in [5.74, 6) is 1.27. The molecule has 2 heterocycles. The van der Waals surface area contributed by atoms with E-state index in [1.807, 2.05) is 12.1 Å². The summed E-state index contributed by atoms with van der Waals surface area (Å²) in [4.78, 5) is 8.23. The smallest absolute Gasteiger partial charge is 0.223 e. The Morgan fingerprint density at radius 2 is 1.73 bits per heavy atom. The zero-order valence-electron chi connectivity index (χ0n) is 12.7. The van der Waals surface area contributed by atoms with E-state index in [9.17, 15) is 0 Å². The van der Waals surface area contributed by atoms with E-state index < -0.39 is 0 Å². The second-order valence-corrected chi connectivity index (χ2v) is 5.19. The highest BCUT2D eigenvalue weighted by Crippen LogP contribution is 2.21. The number of nitrogens with one attached hydrogen (secondary N) is 1. The molecule has 0 spiro atoms. The van der Waals surface area contributed by atoms with Gasteiger partial charge in [0.15, 0.2) is 5.82 Å². The first-order chi connectivity index (χ1) is 10.7. The number of hydrogen-bond acceptors (Lipinski definition) is 5. The number of nitrogens with zero attached hydrogens (tertiary/aromatic N) is 3. The molecule has 3 rings (SSSR count). The summed E-state index contributed by atoms with van der Waals surface area (Å²) in [6.07, 6.45) is 3.61. The number of aryl methyl sites for hydroxylation is 1. The first kappa shape index (κ1) is 14.4. The fraction of sp³-hybridized carbons (Fsp3) is 0.235. The molecule has 5 heteroatoms. The summed E-state index contributed by atoms with van der Waals surface area (Å²) < 4.78 is 4.96. The standard InChI is InChI=1S/C17H18N4O/c1-12(19-11-17-20-13(2)22-21-17)14-3-5-15(6-4-14)16-7-9-18-10-8-16/h3-10,12,19H,11H2,1-2H3. The molecule has 5 nitrogen and oxygen atoms in total. The van der Waals surface area contributed by atoms with Gasteiger partial charge in [0, 0.05) is 25.4 Å². The van der Waals surface area contributed by atoms with E-state index in [2.05, 4.69) is 51.6 Å². The Morgan fingerprint density at radius 3 is 2.36 bits per heavy atom. The molecule has 0 amide bonds. The van der Waals surface area contributed by atoms with E-state index in [0.717, 1.165) is 0 Å². The molecule has 1 N–H and O–H groups in total. The molecule has 0 aliphatic heterocycles. The van der Waals surface area contributed by atoms with E-state index in [0.29, 0.717) is 18.3 Å². The lowest BCUT2D eigenvalue weighted by Crippen LogP contribution is -2.18. The Bertz CT molecular complexity index is 722. The molecule has 1 unspecified atom stereocenters. The number of benzene rings is 1. The molecule has 112 valence electrons. The minimum absolute atomic E-state index is 0.213. The highest BCUT2D eigenvalue weighted by molar-refractivity contribution is 5.62. The maximum atomic E-state index is 4.96. The van der Waals surface area contributed by atoms with Gasteiger partial charge in [0.2, 0.25) is 5.89 Å². The van der Waals surface area contributed by atoms with Crippen molar-refractivity contribution in [2.45, 2.75) is 26.4 Å². The van der Waals surface area contributed by atoms with E-state index in [1.54, 1.807) is 19.3 Å². The molecule has 1 atom stereocenters. The van der Waals surface area contributed by atoms with Gasteiger partial charge in [0.05, 0.1) is 6.54 Å². The Kier molecular flexibility index (Phi) is 4.25. The second kappa shape index (κ2) is 6.49. The maximum Gasteiger partial charge on any atom is 0.223 e. The van der Waals surface area contributed by atoms with Gasteiger partial charge < -0.3 is 9.84 Å². The van der Waals surface area contributed by atoms with E-state index in [-0.39, 0.29) is 6.04 Å². The molecule has 0 aliphatic carbocycles.